The molecule has 3 saturated heterocycles. The number of amides is 1. The smallest absolute Gasteiger partial charge is 0.222 e. The molecule has 3 aliphatic heterocycles. The maximum atomic E-state index is 12.0. The molecular weight excluding hydrogens is 212 g/mol. The van der Waals surface area contributed by atoms with E-state index in [4.69, 9.17) is 0 Å². The fourth-order valence-corrected chi connectivity index (χ4v) is 3.98. The van der Waals surface area contributed by atoms with Gasteiger partial charge in [-0.1, -0.05) is 6.08 Å². The van der Waals surface area contributed by atoms with Gasteiger partial charge in [0.2, 0.25) is 5.91 Å². The molecule has 0 aromatic carbocycles. The molecule has 1 N–H and O–H groups in total. The number of nitrogens with zero attached hydrogens (tertiary/aromatic N) is 1. The monoisotopic (exact) mass is 234 g/mol. The van der Waals surface area contributed by atoms with E-state index >= 15 is 0 Å². The van der Waals surface area contributed by atoms with Crippen LogP contribution in [0.5, 0.6) is 0 Å². The topological polar surface area (TPSA) is 32.3 Å². The lowest BCUT2D eigenvalue weighted by molar-refractivity contribution is -0.143. The summed E-state index contributed by atoms with van der Waals surface area (Å²) >= 11 is 0. The average molecular weight is 234 g/mol. The molecule has 94 valence electrons. The van der Waals surface area contributed by atoms with Crippen molar-refractivity contribution in [2.24, 2.45) is 11.8 Å². The highest BCUT2D eigenvalue weighted by Crippen LogP contribution is 2.38. The zero-order chi connectivity index (χ0) is 11.8. The number of nitrogens with one attached hydrogen (secondary N) is 1. The first-order valence-electron chi connectivity index (χ1n) is 6.93. The lowest BCUT2D eigenvalue weighted by Gasteiger charge is -2.52. The van der Waals surface area contributed by atoms with Gasteiger partial charge >= 0.3 is 0 Å². The van der Waals surface area contributed by atoms with Crippen LogP contribution in [0.3, 0.4) is 0 Å². The van der Waals surface area contributed by atoms with Gasteiger partial charge in [0, 0.05) is 31.6 Å². The predicted octanol–water partition coefficient (Wildman–Crippen LogP) is 1.55. The Balaban J connectivity index is 1.77. The van der Waals surface area contributed by atoms with Crippen LogP contribution >= 0.6 is 0 Å². The number of rotatable bonds is 2. The quantitative estimate of drug-likeness (QED) is 0.735. The molecule has 0 spiro atoms. The summed E-state index contributed by atoms with van der Waals surface area (Å²) in [6, 6.07) is 1.07. The summed E-state index contributed by atoms with van der Waals surface area (Å²) < 4.78 is 0. The fraction of sp³-hybridized carbons (Fsp3) is 0.786. The van der Waals surface area contributed by atoms with Crippen LogP contribution in [0.25, 0.3) is 0 Å². The Hall–Kier alpha value is -0.830. The first-order valence-corrected chi connectivity index (χ1v) is 6.93. The molecule has 0 saturated carbocycles. The molecule has 0 aromatic rings. The van der Waals surface area contributed by atoms with E-state index in [1.165, 1.54) is 12.8 Å². The molecule has 2 bridgehead atoms. The SMILES string of the molecule is C=CC[C@H]1NC[C@@H]2C[C@H]1CN1C(=O)CCC[C@H]21. The third-order valence-electron chi connectivity index (χ3n) is 4.82. The number of carbonyl (C=O) groups excluding carboxylic acids is 1. The second kappa shape index (κ2) is 4.45. The summed E-state index contributed by atoms with van der Waals surface area (Å²) in [5.74, 6) is 1.74. The van der Waals surface area contributed by atoms with Crippen LogP contribution in [0.15, 0.2) is 12.7 Å². The third kappa shape index (κ3) is 1.90. The van der Waals surface area contributed by atoms with Gasteiger partial charge in [0.15, 0.2) is 0 Å². The Morgan fingerprint density at radius 1 is 1.47 bits per heavy atom. The highest BCUT2D eigenvalue weighted by Gasteiger charge is 2.44. The molecule has 3 nitrogen and oxygen atoms in total. The molecule has 4 atom stereocenters. The highest BCUT2D eigenvalue weighted by atomic mass is 16.2. The third-order valence-corrected chi connectivity index (χ3v) is 4.82. The summed E-state index contributed by atoms with van der Waals surface area (Å²) in [6.07, 6.45) is 7.43. The molecule has 0 radical (unpaired) electrons. The first-order chi connectivity index (χ1) is 8.29. The van der Waals surface area contributed by atoms with E-state index in [1.54, 1.807) is 0 Å². The zero-order valence-corrected chi connectivity index (χ0v) is 10.4. The van der Waals surface area contributed by atoms with Crippen molar-refractivity contribution in [2.75, 3.05) is 13.1 Å². The molecule has 0 unspecified atom stereocenters. The standard InChI is InChI=1S/C14H22N2O/c1-2-4-12-11-7-10(8-15-12)13-5-3-6-14(17)16(13)9-11/h2,10-13,15H,1,3-9H2/t10-,11-,12+,13+/m0/s1. The molecule has 3 rings (SSSR count). The summed E-state index contributed by atoms with van der Waals surface area (Å²) in [7, 11) is 0. The lowest BCUT2D eigenvalue weighted by atomic mass is 9.73. The van der Waals surface area contributed by atoms with E-state index in [9.17, 15) is 4.79 Å². The van der Waals surface area contributed by atoms with Gasteiger partial charge in [-0.2, -0.15) is 0 Å². The highest BCUT2D eigenvalue weighted by molar-refractivity contribution is 5.77. The van der Waals surface area contributed by atoms with Gasteiger partial charge in [-0.05, 0) is 37.5 Å². The Kier molecular flexibility index (Phi) is 2.95. The minimum absolute atomic E-state index is 0.398. The van der Waals surface area contributed by atoms with Crippen LogP contribution in [0.4, 0.5) is 0 Å². The summed E-state index contributed by atoms with van der Waals surface area (Å²) in [5, 5.41) is 3.66. The average Bonchev–Trinajstić information content (AvgIpc) is 2.34. The van der Waals surface area contributed by atoms with Crippen molar-refractivity contribution >= 4 is 5.91 Å². The Morgan fingerprint density at radius 2 is 2.35 bits per heavy atom. The second-order valence-corrected chi connectivity index (χ2v) is 5.80. The minimum Gasteiger partial charge on any atom is -0.339 e. The van der Waals surface area contributed by atoms with Crippen molar-refractivity contribution in [2.45, 2.75) is 44.2 Å². The van der Waals surface area contributed by atoms with Gasteiger partial charge in [0.05, 0.1) is 0 Å². The molecule has 3 heterocycles. The fourth-order valence-electron chi connectivity index (χ4n) is 3.98. The van der Waals surface area contributed by atoms with E-state index in [1.807, 2.05) is 6.08 Å². The number of hydrogen-bond donors (Lipinski definition) is 1. The largest absolute Gasteiger partial charge is 0.339 e. The number of piperidine rings is 3. The number of fused-ring (bicyclic) bond motifs is 4. The zero-order valence-electron chi connectivity index (χ0n) is 10.4. The molecule has 17 heavy (non-hydrogen) atoms. The van der Waals surface area contributed by atoms with Gasteiger partial charge in [0.1, 0.15) is 0 Å². The minimum atomic E-state index is 0.398. The molecule has 0 aromatic heterocycles. The van der Waals surface area contributed by atoms with E-state index in [0.29, 0.717) is 29.8 Å². The van der Waals surface area contributed by atoms with Crippen LogP contribution in [0, 0.1) is 11.8 Å². The second-order valence-electron chi connectivity index (χ2n) is 5.80. The van der Waals surface area contributed by atoms with E-state index < -0.39 is 0 Å². The van der Waals surface area contributed by atoms with Gasteiger partial charge in [0.25, 0.3) is 0 Å². The van der Waals surface area contributed by atoms with Crippen LogP contribution in [0.1, 0.15) is 32.1 Å². The Morgan fingerprint density at radius 3 is 3.18 bits per heavy atom. The van der Waals surface area contributed by atoms with Crippen molar-refractivity contribution in [1.29, 1.82) is 0 Å². The molecule has 3 heteroatoms. The molecule has 0 aliphatic carbocycles. The maximum absolute atomic E-state index is 12.0. The maximum Gasteiger partial charge on any atom is 0.222 e. The predicted molar refractivity (Wildman–Crippen MR) is 67.6 cm³/mol. The normalized spacial score (nSPS) is 40.9. The number of hydrogen-bond acceptors (Lipinski definition) is 2. The van der Waals surface area contributed by atoms with E-state index in [-0.39, 0.29) is 0 Å². The Labute approximate surface area is 103 Å². The molecule has 1 amide bonds. The summed E-state index contributed by atoms with van der Waals surface area (Å²) in [4.78, 5) is 14.2. The van der Waals surface area contributed by atoms with Crippen molar-refractivity contribution < 1.29 is 4.79 Å². The van der Waals surface area contributed by atoms with Gasteiger partial charge in [-0.15, -0.1) is 6.58 Å². The van der Waals surface area contributed by atoms with Crippen molar-refractivity contribution in [1.82, 2.24) is 10.2 Å². The van der Waals surface area contributed by atoms with Gasteiger partial charge in [-0.25, -0.2) is 0 Å². The first kappa shape index (κ1) is 11.3. The lowest BCUT2D eigenvalue weighted by Crippen LogP contribution is -2.62. The van der Waals surface area contributed by atoms with Crippen LogP contribution < -0.4 is 5.32 Å². The summed E-state index contributed by atoms with van der Waals surface area (Å²) in [6.45, 7) is 5.90. The van der Waals surface area contributed by atoms with Crippen LogP contribution in [-0.4, -0.2) is 36.0 Å². The van der Waals surface area contributed by atoms with Crippen molar-refractivity contribution in [3.63, 3.8) is 0 Å². The van der Waals surface area contributed by atoms with E-state index in [0.717, 1.165) is 32.4 Å². The van der Waals surface area contributed by atoms with Crippen LogP contribution in [0.2, 0.25) is 0 Å². The van der Waals surface area contributed by atoms with Crippen LogP contribution in [-0.2, 0) is 4.79 Å². The van der Waals surface area contributed by atoms with Crippen molar-refractivity contribution in [3.8, 4) is 0 Å². The number of carbonyl (C=O) groups is 1. The summed E-state index contributed by atoms with van der Waals surface area (Å²) in [5.41, 5.74) is 0. The van der Waals surface area contributed by atoms with Gasteiger partial charge in [-0.3, -0.25) is 4.79 Å². The van der Waals surface area contributed by atoms with Gasteiger partial charge < -0.3 is 10.2 Å². The molecule has 3 aliphatic rings. The van der Waals surface area contributed by atoms with E-state index in [2.05, 4.69) is 16.8 Å². The molecule has 3 fully saturated rings. The Bertz CT molecular complexity index is 328. The molecular formula is C14H22N2O. The van der Waals surface area contributed by atoms with Crippen molar-refractivity contribution in [3.05, 3.63) is 12.7 Å².